The van der Waals surface area contributed by atoms with Crippen LogP contribution in [0.25, 0.3) is 0 Å². The smallest absolute Gasteiger partial charge is 0.342 e. The van der Waals surface area contributed by atoms with Crippen LogP contribution in [0, 0.1) is 5.92 Å². The quantitative estimate of drug-likeness (QED) is 0.433. The third-order valence-electron chi connectivity index (χ3n) is 2.53. The first kappa shape index (κ1) is 13.5. The molecule has 1 aliphatic rings. The molecule has 92 valence electrons. The Morgan fingerprint density at radius 2 is 2.06 bits per heavy atom. The molecule has 3 atom stereocenters. The van der Waals surface area contributed by atoms with E-state index in [4.69, 9.17) is 4.74 Å². The molecule has 16 heavy (non-hydrogen) atoms. The lowest BCUT2D eigenvalue weighted by atomic mass is 10.1. The predicted octanol–water partition coefficient (Wildman–Crippen LogP) is 2.09. The topological polar surface area (TPSA) is 52.6 Å². The van der Waals surface area contributed by atoms with Crippen LogP contribution in [0.5, 0.6) is 0 Å². The molecule has 0 spiro atoms. The molecule has 1 unspecified atom stereocenters. The number of hydrogen-bond donors (Lipinski definition) is 0. The molecule has 0 amide bonds. The zero-order chi connectivity index (χ0) is 12.3. The van der Waals surface area contributed by atoms with Crippen LogP contribution in [0.4, 0.5) is 0 Å². The largest absolute Gasteiger partial charge is 0.467 e. The van der Waals surface area contributed by atoms with Crippen LogP contribution in [-0.2, 0) is 18.8 Å². The minimum absolute atomic E-state index is 0.132. The van der Waals surface area contributed by atoms with Crippen LogP contribution in [0.2, 0.25) is 0 Å². The van der Waals surface area contributed by atoms with E-state index in [9.17, 15) is 9.36 Å². The molecule has 0 aromatic rings. The number of esters is 1. The Balaban J connectivity index is 2.69. The normalized spacial score (nSPS) is 26.8. The summed E-state index contributed by atoms with van der Waals surface area (Å²) in [5.41, 5.74) is 0. The SMILES string of the molecule is COC(=O)C(O[C@@H]1C=C[C@H](C)C1)P(C)(C)=O. The fourth-order valence-electron chi connectivity index (χ4n) is 1.66. The lowest BCUT2D eigenvalue weighted by Crippen LogP contribution is -2.29. The van der Waals surface area contributed by atoms with Gasteiger partial charge in [0.25, 0.3) is 0 Å². The van der Waals surface area contributed by atoms with Crippen molar-refractivity contribution in [1.82, 2.24) is 0 Å². The van der Waals surface area contributed by atoms with Gasteiger partial charge in [-0.3, -0.25) is 0 Å². The number of ether oxygens (including phenoxy) is 2. The fraction of sp³-hybridized carbons (Fsp3) is 0.727. The van der Waals surface area contributed by atoms with Gasteiger partial charge in [0.15, 0.2) is 0 Å². The van der Waals surface area contributed by atoms with Gasteiger partial charge < -0.3 is 14.0 Å². The number of rotatable bonds is 4. The highest BCUT2D eigenvalue weighted by atomic mass is 31.2. The number of carbonyl (C=O) groups excluding carboxylic acids is 1. The molecule has 0 fully saturated rings. The Labute approximate surface area is 96.4 Å². The van der Waals surface area contributed by atoms with E-state index < -0.39 is 19.0 Å². The van der Waals surface area contributed by atoms with Crippen LogP contribution in [0.3, 0.4) is 0 Å². The maximum atomic E-state index is 11.9. The monoisotopic (exact) mass is 246 g/mol. The van der Waals surface area contributed by atoms with Crippen molar-refractivity contribution in [2.45, 2.75) is 25.3 Å². The van der Waals surface area contributed by atoms with Gasteiger partial charge in [0.1, 0.15) is 7.14 Å². The van der Waals surface area contributed by atoms with Crippen molar-refractivity contribution >= 4 is 13.1 Å². The van der Waals surface area contributed by atoms with Crippen molar-refractivity contribution in [3.8, 4) is 0 Å². The molecule has 0 saturated carbocycles. The Morgan fingerprint density at radius 1 is 1.44 bits per heavy atom. The first-order valence-corrected chi connectivity index (χ1v) is 7.98. The Hall–Kier alpha value is -0.600. The minimum atomic E-state index is -2.65. The molecule has 1 aliphatic carbocycles. The molecule has 0 bridgehead atoms. The van der Waals surface area contributed by atoms with E-state index >= 15 is 0 Å². The molecular weight excluding hydrogens is 227 g/mol. The molecule has 0 radical (unpaired) electrons. The van der Waals surface area contributed by atoms with Crippen molar-refractivity contribution < 1.29 is 18.8 Å². The van der Waals surface area contributed by atoms with Gasteiger partial charge in [0.05, 0.1) is 13.2 Å². The number of hydrogen-bond acceptors (Lipinski definition) is 4. The van der Waals surface area contributed by atoms with E-state index in [0.717, 1.165) is 6.42 Å². The molecule has 4 nitrogen and oxygen atoms in total. The predicted molar refractivity (Wildman–Crippen MR) is 63.1 cm³/mol. The van der Waals surface area contributed by atoms with Crippen LogP contribution >= 0.6 is 7.14 Å². The third kappa shape index (κ3) is 3.46. The highest BCUT2D eigenvalue weighted by molar-refractivity contribution is 7.63. The van der Waals surface area contributed by atoms with Crippen LogP contribution < -0.4 is 0 Å². The highest BCUT2D eigenvalue weighted by Gasteiger charge is 2.35. The van der Waals surface area contributed by atoms with Gasteiger partial charge in [-0.15, -0.1) is 0 Å². The summed E-state index contributed by atoms with van der Waals surface area (Å²) in [6.45, 7) is 5.15. The molecular formula is C11H19O4P. The van der Waals surface area contributed by atoms with E-state index in [1.807, 2.05) is 12.2 Å². The second-order valence-electron chi connectivity index (χ2n) is 4.58. The third-order valence-corrected chi connectivity index (χ3v) is 3.99. The van der Waals surface area contributed by atoms with Gasteiger partial charge in [-0.05, 0) is 25.7 Å². The molecule has 0 aliphatic heterocycles. The second-order valence-corrected chi connectivity index (χ2v) is 7.92. The van der Waals surface area contributed by atoms with E-state index in [1.165, 1.54) is 20.4 Å². The summed E-state index contributed by atoms with van der Waals surface area (Å²) >= 11 is 0. The van der Waals surface area contributed by atoms with Crippen LogP contribution in [-0.4, -0.2) is 38.4 Å². The summed E-state index contributed by atoms with van der Waals surface area (Å²) in [6.07, 6.45) is 4.64. The maximum Gasteiger partial charge on any atom is 0.342 e. The van der Waals surface area contributed by atoms with Gasteiger partial charge >= 0.3 is 5.97 Å². The van der Waals surface area contributed by atoms with Gasteiger partial charge in [-0.2, -0.15) is 0 Å². The molecule has 0 N–H and O–H groups in total. The minimum Gasteiger partial charge on any atom is -0.467 e. The first-order valence-electron chi connectivity index (χ1n) is 5.31. The Morgan fingerprint density at radius 3 is 2.44 bits per heavy atom. The second kappa shape index (κ2) is 5.15. The Bertz CT molecular complexity index is 331. The molecule has 0 aromatic heterocycles. The molecule has 0 heterocycles. The Kier molecular flexibility index (Phi) is 4.34. The summed E-state index contributed by atoms with van der Waals surface area (Å²) in [7, 11) is -1.37. The van der Waals surface area contributed by atoms with Crippen molar-refractivity contribution in [2.24, 2.45) is 5.92 Å². The van der Waals surface area contributed by atoms with Gasteiger partial charge in [0, 0.05) is 0 Å². The van der Waals surface area contributed by atoms with E-state index in [-0.39, 0.29) is 6.10 Å². The summed E-state index contributed by atoms with van der Waals surface area (Å²) in [5, 5.41) is 0. The maximum absolute atomic E-state index is 11.9. The molecule has 0 aromatic carbocycles. The standard InChI is InChI=1S/C11H19O4P/c1-8-5-6-9(7-8)15-11(10(12)14-2)16(3,4)13/h5-6,8-9,11H,7H2,1-4H3/t8-,9+,11?/m0/s1. The first-order chi connectivity index (χ1) is 7.34. The van der Waals surface area contributed by atoms with E-state index in [1.54, 1.807) is 0 Å². The highest BCUT2D eigenvalue weighted by Crippen LogP contribution is 2.44. The molecule has 1 rings (SSSR count). The average Bonchev–Trinajstić information content (AvgIpc) is 2.57. The summed E-state index contributed by atoms with van der Waals surface area (Å²) in [4.78, 5) is 11.5. The van der Waals surface area contributed by atoms with Crippen molar-refractivity contribution in [3.63, 3.8) is 0 Å². The zero-order valence-corrected chi connectivity index (χ0v) is 11.1. The zero-order valence-electron chi connectivity index (χ0n) is 10.2. The van der Waals surface area contributed by atoms with Crippen molar-refractivity contribution in [3.05, 3.63) is 12.2 Å². The van der Waals surface area contributed by atoms with Crippen molar-refractivity contribution in [2.75, 3.05) is 20.4 Å². The number of carbonyl (C=O) groups is 1. The lowest BCUT2D eigenvalue weighted by molar-refractivity contribution is -0.150. The van der Waals surface area contributed by atoms with E-state index in [0.29, 0.717) is 5.92 Å². The van der Waals surface area contributed by atoms with Crippen molar-refractivity contribution in [1.29, 1.82) is 0 Å². The lowest BCUT2D eigenvalue weighted by Gasteiger charge is -2.22. The number of allylic oxidation sites excluding steroid dienone is 1. The number of methoxy groups -OCH3 is 1. The summed E-state index contributed by atoms with van der Waals surface area (Å²) < 4.78 is 22.1. The van der Waals surface area contributed by atoms with Gasteiger partial charge in [0.2, 0.25) is 5.85 Å². The summed E-state index contributed by atoms with van der Waals surface area (Å²) in [6, 6.07) is 0. The summed E-state index contributed by atoms with van der Waals surface area (Å²) in [5.74, 6) is -1.06. The fourth-order valence-corrected chi connectivity index (χ4v) is 2.72. The van der Waals surface area contributed by atoms with Crippen LogP contribution in [0.15, 0.2) is 12.2 Å². The average molecular weight is 246 g/mol. The molecule has 0 saturated heterocycles. The van der Waals surface area contributed by atoms with E-state index in [2.05, 4.69) is 11.7 Å². The van der Waals surface area contributed by atoms with Gasteiger partial charge in [-0.25, -0.2) is 4.79 Å². The van der Waals surface area contributed by atoms with Gasteiger partial charge in [-0.1, -0.05) is 19.1 Å². The molecule has 5 heteroatoms. The van der Waals surface area contributed by atoms with Crippen LogP contribution in [0.1, 0.15) is 13.3 Å².